The summed E-state index contributed by atoms with van der Waals surface area (Å²) >= 11 is 0. The molecule has 0 aliphatic carbocycles. The number of carbonyl (C=O) groups is 3. The lowest BCUT2D eigenvalue weighted by Crippen LogP contribution is -2.39. The van der Waals surface area contributed by atoms with Gasteiger partial charge in [0.25, 0.3) is 11.8 Å². The van der Waals surface area contributed by atoms with E-state index in [-0.39, 0.29) is 17.6 Å². The standard InChI is InChI=1S/C28H33FN4O4/c1-31-17-23(24(34)28(36)32-11-3-4-12-32)21-16-22(26(37-2)30-25(21)31)27(35)33-13-9-19(10-14-33)15-18-5-7-20(29)8-6-18/h5-8,16,19,23H,3-4,9-15,17H2,1-2H3. The third-order valence-corrected chi connectivity index (χ3v) is 7.87. The summed E-state index contributed by atoms with van der Waals surface area (Å²) in [5.74, 6) is -0.756. The van der Waals surface area contributed by atoms with Crippen molar-refractivity contribution in [2.75, 3.05) is 51.8 Å². The molecule has 2 saturated heterocycles. The van der Waals surface area contributed by atoms with Gasteiger partial charge in [-0.15, -0.1) is 0 Å². The highest BCUT2D eigenvalue weighted by atomic mass is 19.1. The monoisotopic (exact) mass is 508 g/mol. The lowest BCUT2D eigenvalue weighted by molar-refractivity contribution is -0.144. The normalized spacial score (nSPS) is 19.8. The number of amides is 2. The zero-order valence-electron chi connectivity index (χ0n) is 21.4. The van der Waals surface area contributed by atoms with Gasteiger partial charge < -0.3 is 19.4 Å². The lowest BCUT2D eigenvalue weighted by atomic mass is 9.90. The van der Waals surface area contributed by atoms with Crippen LogP contribution in [0, 0.1) is 11.7 Å². The number of methoxy groups -OCH3 is 1. The first-order valence-electron chi connectivity index (χ1n) is 13.0. The number of piperidine rings is 1. The molecule has 2 fully saturated rings. The van der Waals surface area contributed by atoms with Crippen LogP contribution >= 0.6 is 0 Å². The van der Waals surface area contributed by atoms with E-state index in [2.05, 4.69) is 4.98 Å². The van der Waals surface area contributed by atoms with E-state index in [0.29, 0.717) is 55.6 Å². The van der Waals surface area contributed by atoms with Gasteiger partial charge in [-0.1, -0.05) is 12.1 Å². The number of pyridine rings is 1. The van der Waals surface area contributed by atoms with Crippen LogP contribution in [0.3, 0.4) is 0 Å². The Hall–Kier alpha value is -3.49. The van der Waals surface area contributed by atoms with Crippen LogP contribution in [0.4, 0.5) is 10.2 Å². The van der Waals surface area contributed by atoms with Crippen molar-refractivity contribution in [1.29, 1.82) is 0 Å². The van der Waals surface area contributed by atoms with Crippen molar-refractivity contribution in [2.24, 2.45) is 5.92 Å². The molecule has 0 N–H and O–H groups in total. The van der Waals surface area contributed by atoms with Gasteiger partial charge in [-0.2, -0.15) is 4.98 Å². The molecule has 0 spiro atoms. The molecule has 5 rings (SSSR count). The molecule has 3 aliphatic heterocycles. The van der Waals surface area contributed by atoms with Gasteiger partial charge in [0.15, 0.2) is 0 Å². The molecule has 196 valence electrons. The molecular weight excluding hydrogens is 475 g/mol. The SMILES string of the molecule is COc1nc2c(cc1C(=O)N1CCC(Cc3ccc(F)cc3)CC1)C(C(=O)C(=O)N1CCCC1)CN2C. The van der Waals surface area contributed by atoms with E-state index in [9.17, 15) is 18.8 Å². The molecule has 1 aromatic heterocycles. The lowest BCUT2D eigenvalue weighted by Gasteiger charge is -2.32. The number of carbonyl (C=O) groups excluding carboxylic acids is 3. The zero-order chi connectivity index (χ0) is 26.1. The fourth-order valence-electron chi connectivity index (χ4n) is 5.75. The van der Waals surface area contributed by atoms with E-state index >= 15 is 0 Å². The molecule has 3 aliphatic rings. The van der Waals surface area contributed by atoms with Crippen LogP contribution in [-0.4, -0.2) is 79.3 Å². The topological polar surface area (TPSA) is 83.0 Å². The largest absolute Gasteiger partial charge is 0.480 e. The average Bonchev–Trinajstić information content (AvgIpc) is 3.57. The number of anilines is 1. The predicted octanol–water partition coefficient (Wildman–Crippen LogP) is 3.05. The Morgan fingerprint density at radius 3 is 2.35 bits per heavy atom. The summed E-state index contributed by atoms with van der Waals surface area (Å²) in [6.07, 6.45) is 4.37. The minimum absolute atomic E-state index is 0.181. The maximum atomic E-state index is 13.6. The second-order valence-electron chi connectivity index (χ2n) is 10.3. The fourth-order valence-corrected chi connectivity index (χ4v) is 5.75. The number of fused-ring (bicyclic) bond motifs is 1. The van der Waals surface area contributed by atoms with E-state index in [1.807, 2.05) is 24.1 Å². The minimum Gasteiger partial charge on any atom is -0.480 e. The number of hydrogen-bond donors (Lipinski definition) is 0. The highest BCUT2D eigenvalue weighted by Gasteiger charge is 2.40. The van der Waals surface area contributed by atoms with Crippen molar-refractivity contribution in [2.45, 2.75) is 38.0 Å². The van der Waals surface area contributed by atoms with Gasteiger partial charge in [-0.25, -0.2) is 4.39 Å². The van der Waals surface area contributed by atoms with Crippen molar-refractivity contribution in [3.8, 4) is 5.88 Å². The number of aromatic nitrogens is 1. The molecule has 0 radical (unpaired) electrons. The van der Waals surface area contributed by atoms with Gasteiger partial charge in [-0.05, 0) is 61.8 Å². The third kappa shape index (κ3) is 5.04. The van der Waals surface area contributed by atoms with Gasteiger partial charge in [-0.3, -0.25) is 14.4 Å². The molecule has 1 aromatic carbocycles. The van der Waals surface area contributed by atoms with E-state index in [1.165, 1.54) is 19.2 Å². The number of halogens is 1. The minimum atomic E-state index is -0.653. The highest BCUT2D eigenvalue weighted by molar-refractivity contribution is 6.38. The Balaban J connectivity index is 1.31. The number of nitrogens with zero attached hydrogens (tertiary/aromatic N) is 4. The summed E-state index contributed by atoms with van der Waals surface area (Å²) < 4.78 is 18.7. The Morgan fingerprint density at radius 1 is 1.03 bits per heavy atom. The maximum absolute atomic E-state index is 13.6. The van der Waals surface area contributed by atoms with Crippen LogP contribution in [0.5, 0.6) is 5.88 Å². The number of ketones is 1. The Morgan fingerprint density at radius 2 is 1.70 bits per heavy atom. The number of benzene rings is 1. The number of likely N-dealkylation sites (N-methyl/N-ethyl adjacent to an activating group) is 1. The second-order valence-corrected chi connectivity index (χ2v) is 10.3. The Bertz CT molecular complexity index is 1190. The molecule has 2 amide bonds. The smallest absolute Gasteiger partial charge is 0.290 e. The van der Waals surface area contributed by atoms with Gasteiger partial charge >= 0.3 is 0 Å². The summed E-state index contributed by atoms with van der Waals surface area (Å²) in [6, 6.07) is 8.30. The number of likely N-dealkylation sites (tertiary alicyclic amines) is 2. The van der Waals surface area contributed by atoms with Crippen LogP contribution in [0.1, 0.15) is 53.1 Å². The summed E-state index contributed by atoms with van der Waals surface area (Å²) in [5.41, 5.74) is 2.02. The molecule has 37 heavy (non-hydrogen) atoms. The van der Waals surface area contributed by atoms with Crippen LogP contribution in [-0.2, 0) is 16.0 Å². The zero-order valence-corrected chi connectivity index (χ0v) is 21.4. The van der Waals surface area contributed by atoms with E-state index in [0.717, 1.165) is 37.7 Å². The molecule has 4 heterocycles. The third-order valence-electron chi connectivity index (χ3n) is 7.87. The summed E-state index contributed by atoms with van der Waals surface area (Å²) in [4.78, 5) is 49.5. The fraction of sp³-hybridized carbons (Fsp3) is 0.500. The van der Waals surface area contributed by atoms with E-state index in [4.69, 9.17) is 4.74 Å². The summed E-state index contributed by atoms with van der Waals surface area (Å²) in [6.45, 7) is 2.76. The molecule has 1 unspecified atom stereocenters. The first-order chi connectivity index (χ1) is 17.9. The summed E-state index contributed by atoms with van der Waals surface area (Å²) in [7, 11) is 3.31. The van der Waals surface area contributed by atoms with E-state index < -0.39 is 17.6 Å². The number of Topliss-reactive ketones (excluding diaryl/α,β-unsaturated/α-hetero) is 1. The highest BCUT2D eigenvalue weighted by Crippen LogP contribution is 2.38. The number of hydrogen-bond acceptors (Lipinski definition) is 6. The summed E-state index contributed by atoms with van der Waals surface area (Å²) in [5, 5.41) is 0. The van der Waals surface area contributed by atoms with Gasteiger partial charge in [0.05, 0.1) is 13.0 Å². The number of ether oxygens (including phenoxy) is 1. The molecular formula is C28H33FN4O4. The van der Waals surface area contributed by atoms with Gasteiger partial charge in [0.1, 0.15) is 17.2 Å². The van der Waals surface area contributed by atoms with Crippen LogP contribution in [0.15, 0.2) is 30.3 Å². The molecule has 8 nitrogen and oxygen atoms in total. The molecule has 1 atom stereocenters. The van der Waals surface area contributed by atoms with Crippen LogP contribution in [0.2, 0.25) is 0 Å². The van der Waals surface area contributed by atoms with E-state index in [1.54, 1.807) is 15.9 Å². The van der Waals surface area contributed by atoms with Crippen molar-refractivity contribution in [1.82, 2.24) is 14.8 Å². The number of rotatable bonds is 6. The van der Waals surface area contributed by atoms with Gasteiger partial charge in [0, 0.05) is 45.3 Å². The molecule has 9 heteroatoms. The molecule has 2 aromatic rings. The Labute approximate surface area is 216 Å². The van der Waals surface area contributed by atoms with Crippen molar-refractivity contribution in [3.63, 3.8) is 0 Å². The van der Waals surface area contributed by atoms with Gasteiger partial charge in [0.2, 0.25) is 11.7 Å². The first-order valence-corrected chi connectivity index (χ1v) is 13.0. The van der Waals surface area contributed by atoms with Crippen molar-refractivity contribution in [3.05, 3.63) is 52.8 Å². The Kier molecular flexibility index (Phi) is 7.13. The average molecular weight is 509 g/mol. The predicted molar refractivity (Wildman–Crippen MR) is 136 cm³/mol. The van der Waals surface area contributed by atoms with Crippen LogP contribution in [0.25, 0.3) is 0 Å². The second kappa shape index (κ2) is 10.5. The molecule has 0 bridgehead atoms. The molecule has 0 saturated carbocycles. The van der Waals surface area contributed by atoms with Crippen LogP contribution < -0.4 is 9.64 Å². The quantitative estimate of drug-likeness (QED) is 0.558. The first kappa shape index (κ1) is 25.2. The van der Waals surface area contributed by atoms with Crippen molar-refractivity contribution < 1.29 is 23.5 Å². The van der Waals surface area contributed by atoms with Crippen molar-refractivity contribution >= 4 is 23.4 Å². The maximum Gasteiger partial charge on any atom is 0.290 e.